The summed E-state index contributed by atoms with van der Waals surface area (Å²) < 4.78 is 0. The molecule has 12 heavy (non-hydrogen) atoms. The van der Waals surface area contributed by atoms with Crippen molar-refractivity contribution in [3.63, 3.8) is 0 Å². The largest absolute Gasteiger partial charge is 0.316 e. The Morgan fingerprint density at radius 1 is 1.33 bits per heavy atom. The SMILES string of the molecule is CCCCSC(C)C(CC)NC. The van der Waals surface area contributed by atoms with Crippen LogP contribution in [0.3, 0.4) is 0 Å². The third-order valence-electron chi connectivity index (χ3n) is 2.26. The average Bonchev–Trinajstić information content (AvgIpc) is 2.07. The van der Waals surface area contributed by atoms with E-state index in [0.29, 0.717) is 6.04 Å². The van der Waals surface area contributed by atoms with Crippen molar-refractivity contribution in [3.8, 4) is 0 Å². The Balaban J connectivity index is 3.47. The average molecular weight is 189 g/mol. The summed E-state index contributed by atoms with van der Waals surface area (Å²) in [4.78, 5) is 0. The number of hydrogen-bond donors (Lipinski definition) is 1. The predicted octanol–water partition coefficient (Wildman–Crippen LogP) is 2.91. The van der Waals surface area contributed by atoms with Gasteiger partial charge in [-0.15, -0.1) is 0 Å². The molecule has 2 heteroatoms. The number of hydrogen-bond acceptors (Lipinski definition) is 2. The topological polar surface area (TPSA) is 12.0 Å². The van der Waals surface area contributed by atoms with Crippen LogP contribution in [-0.2, 0) is 0 Å². The van der Waals surface area contributed by atoms with Crippen molar-refractivity contribution in [1.82, 2.24) is 5.32 Å². The van der Waals surface area contributed by atoms with Crippen molar-refractivity contribution < 1.29 is 0 Å². The molecule has 2 unspecified atom stereocenters. The van der Waals surface area contributed by atoms with Gasteiger partial charge in [0.2, 0.25) is 0 Å². The molecule has 0 aliphatic carbocycles. The maximum absolute atomic E-state index is 3.36. The zero-order valence-corrected chi connectivity index (χ0v) is 9.71. The molecule has 0 aliphatic rings. The van der Waals surface area contributed by atoms with Gasteiger partial charge in [0.1, 0.15) is 0 Å². The Morgan fingerprint density at radius 3 is 2.42 bits per heavy atom. The predicted molar refractivity (Wildman–Crippen MR) is 60.0 cm³/mol. The van der Waals surface area contributed by atoms with Crippen LogP contribution in [0.2, 0.25) is 0 Å². The van der Waals surface area contributed by atoms with Crippen molar-refractivity contribution in [2.45, 2.75) is 51.3 Å². The molecule has 0 amide bonds. The summed E-state index contributed by atoms with van der Waals surface area (Å²) in [5.74, 6) is 1.32. The van der Waals surface area contributed by atoms with Gasteiger partial charge in [0.05, 0.1) is 0 Å². The van der Waals surface area contributed by atoms with E-state index in [9.17, 15) is 0 Å². The maximum Gasteiger partial charge on any atom is 0.0178 e. The molecule has 1 N–H and O–H groups in total. The lowest BCUT2D eigenvalue weighted by Gasteiger charge is -2.21. The zero-order chi connectivity index (χ0) is 9.40. The first-order valence-corrected chi connectivity index (χ1v) is 6.09. The van der Waals surface area contributed by atoms with Gasteiger partial charge >= 0.3 is 0 Å². The van der Waals surface area contributed by atoms with E-state index >= 15 is 0 Å². The summed E-state index contributed by atoms with van der Waals surface area (Å²) in [6, 6.07) is 0.687. The lowest BCUT2D eigenvalue weighted by atomic mass is 10.2. The Morgan fingerprint density at radius 2 is 2.00 bits per heavy atom. The van der Waals surface area contributed by atoms with Crippen LogP contribution >= 0.6 is 11.8 Å². The lowest BCUT2D eigenvalue weighted by Crippen LogP contribution is -2.33. The normalized spacial score (nSPS) is 16.0. The smallest absolute Gasteiger partial charge is 0.0178 e. The fraction of sp³-hybridized carbons (Fsp3) is 1.00. The van der Waals surface area contributed by atoms with Crippen molar-refractivity contribution in [2.75, 3.05) is 12.8 Å². The van der Waals surface area contributed by atoms with E-state index in [-0.39, 0.29) is 0 Å². The Hall–Kier alpha value is 0.310. The fourth-order valence-electron chi connectivity index (χ4n) is 1.30. The fourth-order valence-corrected chi connectivity index (χ4v) is 2.69. The van der Waals surface area contributed by atoms with Gasteiger partial charge in [0.25, 0.3) is 0 Å². The first-order valence-electron chi connectivity index (χ1n) is 5.05. The van der Waals surface area contributed by atoms with Gasteiger partial charge < -0.3 is 5.32 Å². The molecule has 0 saturated carbocycles. The van der Waals surface area contributed by atoms with Gasteiger partial charge in [-0.3, -0.25) is 0 Å². The molecule has 0 spiro atoms. The highest BCUT2D eigenvalue weighted by Gasteiger charge is 2.12. The van der Waals surface area contributed by atoms with Crippen molar-refractivity contribution in [1.29, 1.82) is 0 Å². The van der Waals surface area contributed by atoms with E-state index in [2.05, 4.69) is 44.9 Å². The van der Waals surface area contributed by atoms with E-state index in [1.807, 2.05) is 0 Å². The minimum absolute atomic E-state index is 0.687. The molecule has 0 aromatic heterocycles. The molecular weight excluding hydrogens is 166 g/mol. The van der Waals surface area contributed by atoms with E-state index < -0.39 is 0 Å². The summed E-state index contributed by atoms with van der Waals surface area (Å²) in [7, 11) is 2.06. The second kappa shape index (κ2) is 7.93. The van der Waals surface area contributed by atoms with Crippen LogP contribution in [0, 0.1) is 0 Å². The second-order valence-corrected chi connectivity index (χ2v) is 4.72. The molecule has 0 radical (unpaired) electrons. The number of nitrogens with one attached hydrogen (secondary N) is 1. The van der Waals surface area contributed by atoms with Gasteiger partial charge in [-0.2, -0.15) is 11.8 Å². The third-order valence-corrected chi connectivity index (χ3v) is 3.63. The monoisotopic (exact) mass is 189 g/mol. The molecular formula is C10H23NS. The van der Waals surface area contributed by atoms with Crippen molar-refractivity contribution in [2.24, 2.45) is 0 Å². The molecule has 74 valence electrons. The van der Waals surface area contributed by atoms with Crippen LogP contribution in [0.1, 0.15) is 40.0 Å². The van der Waals surface area contributed by atoms with Crippen LogP contribution in [0.25, 0.3) is 0 Å². The summed E-state index contributed by atoms with van der Waals surface area (Å²) in [5.41, 5.74) is 0. The van der Waals surface area contributed by atoms with Crippen LogP contribution in [0.4, 0.5) is 0 Å². The molecule has 0 aromatic carbocycles. The first-order chi connectivity index (χ1) is 5.76. The van der Waals surface area contributed by atoms with Gasteiger partial charge in [0, 0.05) is 11.3 Å². The van der Waals surface area contributed by atoms with Gasteiger partial charge in [-0.1, -0.05) is 27.2 Å². The van der Waals surface area contributed by atoms with Crippen molar-refractivity contribution >= 4 is 11.8 Å². The lowest BCUT2D eigenvalue weighted by molar-refractivity contribution is 0.541. The maximum atomic E-state index is 3.36. The van der Waals surface area contributed by atoms with E-state index in [4.69, 9.17) is 0 Å². The first kappa shape index (κ1) is 12.3. The minimum atomic E-state index is 0.687. The highest BCUT2D eigenvalue weighted by atomic mass is 32.2. The summed E-state index contributed by atoms with van der Waals surface area (Å²) in [6.45, 7) is 6.82. The van der Waals surface area contributed by atoms with E-state index in [1.165, 1.54) is 25.0 Å². The summed E-state index contributed by atoms with van der Waals surface area (Å²) in [5, 5.41) is 4.11. The number of rotatable bonds is 7. The highest BCUT2D eigenvalue weighted by Crippen LogP contribution is 2.17. The van der Waals surface area contributed by atoms with E-state index in [0.717, 1.165) is 5.25 Å². The number of thioether (sulfide) groups is 1. The minimum Gasteiger partial charge on any atom is -0.316 e. The quantitative estimate of drug-likeness (QED) is 0.618. The van der Waals surface area contributed by atoms with Crippen molar-refractivity contribution in [3.05, 3.63) is 0 Å². The molecule has 0 heterocycles. The molecule has 0 saturated heterocycles. The van der Waals surface area contributed by atoms with Crippen LogP contribution in [-0.4, -0.2) is 24.1 Å². The summed E-state index contributed by atoms with van der Waals surface area (Å²) >= 11 is 2.10. The molecule has 2 atom stereocenters. The Kier molecular flexibility index (Phi) is 8.14. The van der Waals surface area contributed by atoms with E-state index in [1.54, 1.807) is 0 Å². The molecule has 0 bridgehead atoms. The van der Waals surface area contributed by atoms with Gasteiger partial charge in [-0.05, 0) is 25.6 Å². The van der Waals surface area contributed by atoms with Crippen LogP contribution in [0.15, 0.2) is 0 Å². The molecule has 0 aliphatic heterocycles. The molecule has 0 aromatic rings. The van der Waals surface area contributed by atoms with Crippen LogP contribution < -0.4 is 5.32 Å². The Labute approximate surface area is 81.7 Å². The highest BCUT2D eigenvalue weighted by molar-refractivity contribution is 7.99. The Bertz CT molecular complexity index is 91.8. The van der Waals surface area contributed by atoms with Gasteiger partial charge in [-0.25, -0.2) is 0 Å². The third kappa shape index (κ3) is 5.04. The molecule has 0 rings (SSSR count). The number of unbranched alkanes of at least 4 members (excludes halogenated alkanes) is 1. The van der Waals surface area contributed by atoms with Crippen LogP contribution in [0.5, 0.6) is 0 Å². The zero-order valence-electron chi connectivity index (χ0n) is 8.89. The molecule has 1 nitrogen and oxygen atoms in total. The molecule has 0 fully saturated rings. The van der Waals surface area contributed by atoms with Gasteiger partial charge in [0.15, 0.2) is 0 Å². The summed E-state index contributed by atoms with van der Waals surface area (Å²) in [6.07, 6.45) is 3.90. The second-order valence-electron chi connectivity index (χ2n) is 3.23. The standard InChI is InChI=1S/C10H23NS/c1-5-7-8-12-9(3)10(6-2)11-4/h9-11H,5-8H2,1-4H3.